The molecule has 0 aliphatic heterocycles. The van der Waals surface area contributed by atoms with Crippen LogP contribution < -0.4 is 5.73 Å². The maximum absolute atomic E-state index is 6.07. The van der Waals surface area contributed by atoms with Crippen molar-refractivity contribution in [2.24, 2.45) is 0 Å². The van der Waals surface area contributed by atoms with Gasteiger partial charge >= 0.3 is 0 Å². The quantitative estimate of drug-likeness (QED) is 0.583. The Bertz CT molecular complexity index is 436. The number of nitrogens with two attached hydrogens (primary N) is 1. The van der Waals surface area contributed by atoms with Crippen molar-refractivity contribution in [1.29, 1.82) is 0 Å². The number of benzene rings is 1. The smallest absolute Gasteiger partial charge is 0.0379 e. The molecule has 1 rings (SSSR count). The van der Waals surface area contributed by atoms with Gasteiger partial charge in [0, 0.05) is 5.69 Å². The highest BCUT2D eigenvalue weighted by Gasteiger charge is 2.10. The van der Waals surface area contributed by atoms with Crippen molar-refractivity contribution >= 4 is 11.8 Å². The lowest BCUT2D eigenvalue weighted by Gasteiger charge is -2.16. The predicted molar refractivity (Wildman–Crippen MR) is 73.7 cm³/mol. The van der Waals surface area contributed by atoms with Crippen molar-refractivity contribution < 1.29 is 0 Å². The van der Waals surface area contributed by atoms with Crippen LogP contribution >= 0.6 is 0 Å². The van der Waals surface area contributed by atoms with E-state index in [-0.39, 0.29) is 0 Å². The van der Waals surface area contributed by atoms with E-state index in [4.69, 9.17) is 5.73 Å². The van der Waals surface area contributed by atoms with Gasteiger partial charge < -0.3 is 5.73 Å². The van der Waals surface area contributed by atoms with Crippen LogP contribution in [0.2, 0.25) is 0 Å². The number of nitrogen functional groups attached to an aromatic ring is 1. The highest BCUT2D eigenvalue weighted by Crippen LogP contribution is 2.29. The van der Waals surface area contributed by atoms with E-state index in [1.807, 2.05) is 13.0 Å². The van der Waals surface area contributed by atoms with Crippen LogP contribution in [0.5, 0.6) is 0 Å². The largest absolute Gasteiger partial charge is 0.398 e. The molecule has 0 bridgehead atoms. The molecule has 0 spiro atoms. The van der Waals surface area contributed by atoms with Crippen molar-refractivity contribution in [1.82, 2.24) is 0 Å². The molecular formula is C15H21N. The summed E-state index contributed by atoms with van der Waals surface area (Å²) in [6.07, 6.45) is 4.18. The van der Waals surface area contributed by atoms with E-state index in [0.29, 0.717) is 0 Å². The van der Waals surface area contributed by atoms with E-state index in [1.54, 1.807) is 0 Å². The van der Waals surface area contributed by atoms with Crippen LogP contribution in [0.4, 0.5) is 5.69 Å². The van der Waals surface area contributed by atoms with Gasteiger partial charge in [0.2, 0.25) is 0 Å². The van der Waals surface area contributed by atoms with Gasteiger partial charge in [-0.2, -0.15) is 0 Å². The maximum atomic E-state index is 6.07. The standard InChI is InChI=1S/C15H21N/c1-9(2)7-8-14-10(3)12(5)15(16)13(6)11(14)4/h7-8H,1,16H2,2-6H3/b8-7+. The molecule has 1 aromatic carbocycles. The normalized spacial score (nSPS) is 11.1. The minimum atomic E-state index is 0.919. The second kappa shape index (κ2) is 4.56. The number of allylic oxidation sites excluding steroid dienone is 2. The van der Waals surface area contributed by atoms with Crippen LogP contribution in [0.15, 0.2) is 18.2 Å². The van der Waals surface area contributed by atoms with E-state index < -0.39 is 0 Å². The van der Waals surface area contributed by atoms with Crippen molar-refractivity contribution in [2.75, 3.05) is 5.73 Å². The lowest BCUT2D eigenvalue weighted by molar-refractivity contribution is 1.23. The van der Waals surface area contributed by atoms with Gasteiger partial charge in [0.15, 0.2) is 0 Å². The molecule has 1 heteroatoms. The number of hydrogen-bond acceptors (Lipinski definition) is 1. The maximum Gasteiger partial charge on any atom is 0.0379 e. The monoisotopic (exact) mass is 215 g/mol. The predicted octanol–water partition coefficient (Wildman–Crippen LogP) is 4.09. The molecule has 16 heavy (non-hydrogen) atoms. The first-order chi connectivity index (χ1) is 7.36. The van der Waals surface area contributed by atoms with Crippen molar-refractivity contribution in [3.63, 3.8) is 0 Å². The Hall–Kier alpha value is -1.50. The number of anilines is 1. The summed E-state index contributed by atoms with van der Waals surface area (Å²) in [6, 6.07) is 0. The van der Waals surface area contributed by atoms with Crippen LogP contribution in [-0.2, 0) is 0 Å². The van der Waals surface area contributed by atoms with Gasteiger partial charge in [0.1, 0.15) is 0 Å². The van der Waals surface area contributed by atoms with Crippen LogP contribution in [0.1, 0.15) is 34.7 Å². The zero-order valence-electron chi connectivity index (χ0n) is 10.9. The van der Waals surface area contributed by atoms with E-state index >= 15 is 0 Å². The fourth-order valence-corrected chi connectivity index (χ4v) is 1.85. The summed E-state index contributed by atoms with van der Waals surface area (Å²) in [5.74, 6) is 0. The second-order valence-electron chi connectivity index (χ2n) is 4.51. The zero-order valence-corrected chi connectivity index (χ0v) is 10.9. The Morgan fingerprint density at radius 3 is 1.81 bits per heavy atom. The molecule has 1 aromatic rings. The lowest BCUT2D eigenvalue weighted by atomic mass is 9.92. The first-order valence-corrected chi connectivity index (χ1v) is 5.55. The summed E-state index contributed by atoms with van der Waals surface area (Å²) >= 11 is 0. The summed E-state index contributed by atoms with van der Waals surface area (Å²) in [6.45, 7) is 14.3. The molecule has 2 N–H and O–H groups in total. The van der Waals surface area contributed by atoms with Crippen LogP contribution in [0.25, 0.3) is 6.08 Å². The van der Waals surface area contributed by atoms with Crippen LogP contribution in [-0.4, -0.2) is 0 Å². The average Bonchev–Trinajstić information content (AvgIpc) is 2.23. The molecule has 0 fully saturated rings. The minimum absolute atomic E-state index is 0.919. The molecule has 0 saturated heterocycles. The minimum Gasteiger partial charge on any atom is -0.398 e. The third-order valence-electron chi connectivity index (χ3n) is 3.28. The fraction of sp³-hybridized carbons (Fsp3) is 0.333. The first-order valence-electron chi connectivity index (χ1n) is 5.55. The van der Waals surface area contributed by atoms with Gasteiger partial charge in [0.25, 0.3) is 0 Å². The molecule has 0 aliphatic carbocycles. The third-order valence-corrected chi connectivity index (χ3v) is 3.28. The van der Waals surface area contributed by atoms with Gasteiger partial charge in [-0.15, -0.1) is 0 Å². The third kappa shape index (κ3) is 2.19. The molecule has 0 saturated carbocycles. The van der Waals surface area contributed by atoms with E-state index in [9.17, 15) is 0 Å². The summed E-state index contributed by atoms with van der Waals surface area (Å²) in [5, 5.41) is 0. The Kier molecular flexibility index (Phi) is 3.58. The Balaban J connectivity index is 3.45. The summed E-state index contributed by atoms with van der Waals surface area (Å²) in [7, 11) is 0. The SMILES string of the molecule is C=C(C)/C=C/c1c(C)c(C)c(N)c(C)c1C. The van der Waals surface area contributed by atoms with E-state index in [2.05, 4.69) is 40.3 Å². The average molecular weight is 215 g/mol. The zero-order chi connectivity index (χ0) is 12.5. The molecule has 0 atom stereocenters. The Morgan fingerprint density at radius 1 is 1.00 bits per heavy atom. The molecule has 0 heterocycles. The Labute approximate surface area is 98.7 Å². The molecule has 1 nitrogen and oxygen atoms in total. The number of rotatable bonds is 2. The molecule has 0 aromatic heterocycles. The topological polar surface area (TPSA) is 26.0 Å². The summed E-state index contributed by atoms with van der Waals surface area (Å²) in [5.41, 5.74) is 14.2. The summed E-state index contributed by atoms with van der Waals surface area (Å²) in [4.78, 5) is 0. The van der Waals surface area contributed by atoms with Crippen LogP contribution in [0.3, 0.4) is 0 Å². The highest BCUT2D eigenvalue weighted by atomic mass is 14.6. The molecule has 0 aliphatic rings. The van der Waals surface area contributed by atoms with Crippen molar-refractivity contribution in [2.45, 2.75) is 34.6 Å². The fourth-order valence-electron chi connectivity index (χ4n) is 1.85. The lowest BCUT2D eigenvalue weighted by Crippen LogP contribution is -2.02. The van der Waals surface area contributed by atoms with Gasteiger partial charge in [-0.3, -0.25) is 0 Å². The first kappa shape index (κ1) is 12.6. The number of hydrogen-bond donors (Lipinski definition) is 1. The van der Waals surface area contributed by atoms with Gasteiger partial charge in [0.05, 0.1) is 0 Å². The Morgan fingerprint density at radius 2 is 1.44 bits per heavy atom. The van der Waals surface area contributed by atoms with Gasteiger partial charge in [-0.1, -0.05) is 24.3 Å². The molecule has 0 amide bonds. The summed E-state index contributed by atoms with van der Waals surface area (Å²) < 4.78 is 0. The molecular weight excluding hydrogens is 194 g/mol. The molecule has 86 valence electrons. The van der Waals surface area contributed by atoms with Gasteiger partial charge in [-0.05, 0) is 62.4 Å². The van der Waals surface area contributed by atoms with E-state index in [0.717, 1.165) is 11.3 Å². The van der Waals surface area contributed by atoms with Crippen LogP contribution in [0, 0.1) is 27.7 Å². The van der Waals surface area contributed by atoms with Crippen molar-refractivity contribution in [3.05, 3.63) is 46.0 Å². The van der Waals surface area contributed by atoms with E-state index in [1.165, 1.54) is 27.8 Å². The van der Waals surface area contributed by atoms with Crippen molar-refractivity contribution in [3.8, 4) is 0 Å². The second-order valence-corrected chi connectivity index (χ2v) is 4.51. The molecule has 0 radical (unpaired) electrons. The van der Waals surface area contributed by atoms with Gasteiger partial charge in [-0.25, -0.2) is 0 Å². The molecule has 0 unspecified atom stereocenters. The highest BCUT2D eigenvalue weighted by molar-refractivity contribution is 5.70.